The van der Waals surface area contributed by atoms with Gasteiger partial charge in [0, 0.05) is 67.3 Å². The first kappa shape index (κ1) is 41.1. The van der Waals surface area contributed by atoms with Crippen molar-refractivity contribution in [2.75, 3.05) is 9.80 Å². The first-order chi connectivity index (χ1) is 34.2. The monoisotopic (exact) mass is 883 g/mol. The average Bonchev–Trinajstić information content (AvgIpc) is 3.75. The van der Waals surface area contributed by atoms with Gasteiger partial charge in [0.25, 0.3) is 0 Å². The molecule has 0 aliphatic carbocycles. The number of aromatic nitrogens is 3. The predicted octanol–water partition coefficient (Wildman–Crippen LogP) is 17.2. The third-order valence-electron chi connectivity index (χ3n) is 12.8. The summed E-state index contributed by atoms with van der Waals surface area (Å²) in [5.74, 6) is 0.707. The Balaban J connectivity index is 0.954. The van der Waals surface area contributed by atoms with E-state index in [1.54, 1.807) is 0 Å². The largest absolute Gasteiger partial charge is 0.310 e. The fourth-order valence-electron chi connectivity index (χ4n) is 9.46. The van der Waals surface area contributed by atoms with Gasteiger partial charge in [-0.15, -0.1) is 0 Å². The molecule has 0 fully saturated rings. The van der Waals surface area contributed by atoms with Gasteiger partial charge < -0.3 is 14.4 Å². The lowest BCUT2D eigenvalue weighted by atomic mass is 10.0. The van der Waals surface area contributed by atoms with Crippen molar-refractivity contribution in [3.63, 3.8) is 0 Å². The molecule has 12 aromatic rings. The summed E-state index contributed by atoms with van der Waals surface area (Å²) in [6, 6.07) is 96.5. The molecule has 69 heavy (non-hydrogen) atoms. The highest BCUT2D eigenvalue weighted by molar-refractivity contribution is 6.12. The highest BCUT2D eigenvalue weighted by atomic mass is 15.1. The van der Waals surface area contributed by atoms with Crippen molar-refractivity contribution in [3.8, 4) is 50.7 Å². The van der Waals surface area contributed by atoms with Crippen molar-refractivity contribution >= 4 is 55.9 Å². The third kappa shape index (κ3) is 8.09. The van der Waals surface area contributed by atoms with E-state index in [0.717, 1.165) is 101 Å². The Hall–Kier alpha value is -9.32. The molecule has 0 atom stereocenters. The molecule has 0 N–H and O–H groups in total. The Bertz CT molecular complexity index is 3400. The topological polar surface area (TPSA) is 37.2 Å². The number of fused-ring (bicyclic) bond motifs is 3. The fraction of sp³-hybridized carbons (Fsp3) is 0. The molecule has 0 amide bonds. The van der Waals surface area contributed by atoms with Gasteiger partial charge in [0.2, 0.25) is 0 Å². The average molecular weight is 884 g/mol. The normalized spacial score (nSPS) is 11.2. The molecule has 5 nitrogen and oxygen atoms in total. The van der Waals surface area contributed by atoms with Gasteiger partial charge in [0.1, 0.15) is 0 Å². The lowest BCUT2D eigenvalue weighted by Gasteiger charge is -2.26. The maximum atomic E-state index is 5.06. The molecule has 0 spiro atoms. The van der Waals surface area contributed by atoms with E-state index in [-0.39, 0.29) is 0 Å². The first-order valence-corrected chi connectivity index (χ1v) is 23.3. The molecule has 0 aliphatic heterocycles. The maximum absolute atomic E-state index is 5.06. The number of nitrogens with zero attached hydrogens (tertiary/aromatic N) is 5. The van der Waals surface area contributed by atoms with Crippen LogP contribution in [0.5, 0.6) is 0 Å². The minimum atomic E-state index is 0.707. The van der Waals surface area contributed by atoms with E-state index in [1.165, 1.54) is 0 Å². The summed E-state index contributed by atoms with van der Waals surface area (Å²) < 4.78 is 2.40. The van der Waals surface area contributed by atoms with Crippen molar-refractivity contribution in [1.82, 2.24) is 14.5 Å². The molecule has 12 rings (SSSR count). The highest BCUT2D eigenvalue weighted by Gasteiger charge is 2.20. The zero-order valence-corrected chi connectivity index (χ0v) is 37.7. The minimum absolute atomic E-state index is 0.707. The second-order valence-corrected chi connectivity index (χ2v) is 17.1. The first-order valence-electron chi connectivity index (χ1n) is 23.3. The van der Waals surface area contributed by atoms with Gasteiger partial charge in [-0.25, -0.2) is 9.97 Å². The molecule has 2 aromatic heterocycles. The molecule has 5 heteroatoms. The molecule has 0 bridgehead atoms. The van der Waals surface area contributed by atoms with Gasteiger partial charge in [0.15, 0.2) is 5.82 Å². The SMILES string of the molecule is c1ccc(-c2cc(-c3ccc(-c4ccc(-n5c6ccc(N(c7ccccc7)c7ccccc7)cc6c6cc(N(c7ccccc7)c7ccccc7)ccc65)cc4)cc3)nc(-c3ccccc3)n2)cc1. The van der Waals surface area contributed by atoms with Crippen LogP contribution in [0.3, 0.4) is 0 Å². The maximum Gasteiger partial charge on any atom is 0.160 e. The number of hydrogen-bond acceptors (Lipinski definition) is 4. The van der Waals surface area contributed by atoms with Gasteiger partial charge in [-0.2, -0.15) is 0 Å². The summed E-state index contributed by atoms with van der Waals surface area (Å²) in [4.78, 5) is 14.7. The number of benzene rings is 10. The minimum Gasteiger partial charge on any atom is -0.310 e. The summed E-state index contributed by atoms with van der Waals surface area (Å²) in [6.07, 6.45) is 0. The van der Waals surface area contributed by atoms with E-state index >= 15 is 0 Å². The van der Waals surface area contributed by atoms with Crippen LogP contribution >= 0.6 is 0 Å². The Morgan fingerprint density at radius 3 is 1.00 bits per heavy atom. The second-order valence-electron chi connectivity index (χ2n) is 17.1. The van der Waals surface area contributed by atoms with Crippen LogP contribution in [-0.2, 0) is 0 Å². The van der Waals surface area contributed by atoms with Crippen molar-refractivity contribution < 1.29 is 0 Å². The molecule has 0 radical (unpaired) electrons. The van der Waals surface area contributed by atoms with Crippen LogP contribution in [0.1, 0.15) is 0 Å². The van der Waals surface area contributed by atoms with Crippen molar-refractivity contribution in [3.05, 3.63) is 273 Å². The fourth-order valence-corrected chi connectivity index (χ4v) is 9.46. The van der Waals surface area contributed by atoms with E-state index in [4.69, 9.17) is 9.97 Å². The molecule has 0 aliphatic rings. The summed E-state index contributed by atoms with van der Waals surface area (Å²) in [5.41, 5.74) is 17.0. The highest BCUT2D eigenvalue weighted by Crippen LogP contribution is 2.43. The summed E-state index contributed by atoms with van der Waals surface area (Å²) >= 11 is 0. The molecule has 2 heterocycles. The number of rotatable bonds is 11. The van der Waals surface area contributed by atoms with Crippen LogP contribution in [0.4, 0.5) is 34.1 Å². The van der Waals surface area contributed by atoms with Crippen molar-refractivity contribution in [1.29, 1.82) is 0 Å². The van der Waals surface area contributed by atoms with E-state index in [0.29, 0.717) is 5.82 Å². The van der Waals surface area contributed by atoms with Gasteiger partial charge in [-0.1, -0.05) is 170 Å². The molecule has 0 unspecified atom stereocenters. The van der Waals surface area contributed by atoms with Crippen LogP contribution < -0.4 is 9.80 Å². The summed E-state index contributed by atoms with van der Waals surface area (Å²) in [6.45, 7) is 0. The Kier molecular flexibility index (Phi) is 10.8. The van der Waals surface area contributed by atoms with Crippen LogP contribution in [-0.4, -0.2) is 14.5 Å². The van der Waals surface area contributed by atoms with E-state index < -0.39 is 0 Å². The van der Waals surface area contributed by atoms with Crippen molar-refractivity contribution in [2.45, 2.75) is 0 Å². The zero-order valence-electron chi connectivity index (χ0n) is 37.7. The van der Waals surface area contributed by atoms with Crippen LogP contribution in [0.25, 0.3) is 72.5 Å². The lowest BCUT2D eigenvalue weighted by Crippen LogP contribution is -2.09. The zero-order chi connectivity index (χ0) is 45.9. The van der Waals surface area contributed by atoms with E-state index in [1.807, 2.05) is 36.4 Å². The quantitative estimate of drug-likeness (QED) is 0.130. The molecule has 326 valence electrons. The second kappa shape index (κ2) is 18.2. The Morgan fingerprint density at radius 1 is 0.261 bits per heavy atom. The van der Waals surface area contributed by atoms with Gasteiger partial charge in [0.05, 0.1) is 22.4 Å². The predicted molar refractivity (Wildman–Crippen MR) is 287 cm³/mol. The smallest absolute Gasteiger partial charge is 0.160 e. The van der Waals surface area contributed by atoms with E-state index in [9.17, 15) is 0 Å². The van der Waals surface area contributed by atoms with Gasteiger partial charge in [-0.3, -0.25) is 0 Å². The molecule has 0 saturated heterocycles. The van der Waals surface area contributed by atoms with Crippen LogP contribution in [0.15, 0.2) is 273 Å². The summed E-state index contributed by atoms with van der Waals surface area (Å²) in [5, 5.41) is 2.33. The number of para-hydroxylation sites is 4. The number of hydrogen-bond donors (Lipinski definition) is 0. The molecule has 0 saturated carbocycles. The molecular formula is C64H45N5. The van der Waals surface area contributed by atoms with Crippen LogP contribution in [0, 0.1) is 0 Å². The standard InChI is InChI=1S/C64H45N5/c1-7-19-48(20-8-1)60-45-61(66-64(65-60)50-21-9-2-10-22-50)49-33-31-46(32-34-49)47-35-37-55(38-36-47)69-62-41-39-56(67(51-23-11-3-12-24-51)52-25-13-4-14-26-52)43-58(62)59-44-57(40-42-63(59)69)68(53-27-15-5-16-28-53)54-29-17-6-18-30-54/h1-45H. The van der Waals surface area contributed by atoms with Gasteiger partial charge in [-0.05, 0) is 114 Å². The number of anilines is 6. The summed E-state index contributed by atoms with van der Waals surface area (Å²) in [7, 11) is 0. The Morgan fingerprint density at radius 2 is 0.594 bits per heavy atom. The van der Waals surface area contributed by atoms with Gasteiger partial charge >= 0.3 is 0 Å². The lowest BCUT2D eigenvalue weighted by molar-refractivity contribution is 1.18. The van der Waals surface area contributed by atoms with E-state index in [2.05, 4.69) is 251 Å². The third-order valence-corrected chi connectivity index (χ3v) is 12.8. The molecule has 10 aromatic carbocycles. The van der Waals surface area contributed by atoms with Crippen molar-refractivity contribution in [2.24, 2.45) is 0 Å². The molecular weight excluding hydrogens is 839 g/mol. The van der Waals surface area contributed by atoms with Crippen LogP contribution in [0.2, 0.25) is 0 Å². The Labute approximate surface area is 402 Å².